The van der Waals surface area contributed by atoms with Gasteiger partial charge in [0.25, 0.3) is 0 Å². The molecule has 1 aromatic rings. The Labute approximate surface area is 84.1 Å². The molecule has 1 aliphatic rings. The monoisotopic (exact) mass is 195 g/mol. The van der Waals surface area contributed by atoms with Gasteiger partial charge in [-0.3, -0.25) is 0 Å². The quantitative estimate of drug-likeness (QED) is 0.765. The zero-order valence-electron chi connectivity index (χ0n) is 7.59. The highest BCUT2D eigenvalue weighted by Crippen LogP contribution is 2.17. The van der Waals surface area contributed by atoms with Crippen LogP contribution in [0.15, 0.2) is 24.3 Å². The molecule has 1 aliphatic heterocycles. The van der Waals surface area contributed by atoms with Crippen molar-refractivity contribution < 1.29 is 0 Å². The molecule has 0 aromatic heterocycles. The number of rotatable bonds is 2. The van der Waals surface area contributed by atoms with Gasteiger partial charge in [-0.1, -0.05) is 23.7 Å². The molecule has 0 bridgehead atoms. The second-order valence-electron chi connectivity index (χ2n) is 3.69. The molecule has 0 amide bonds. The molecular weight excluding hydrogens is 182 g/mol. The van der Waals surface area contributed by atoms with E-state index in [1.807, 2.05) is 12.1 Å². The fourth-order valence-corrected chi connectivity index (χ4v) is 2.10. The van der Waals surface area contributed by atoms with E-state index in [2.05, 4.69) is 17.4 Å². The van der Waals surface area contributed by atoms with E-state index in [1.54, 1.807) is 0 Å². The standard InChI is InChI=1S/C11H14ClN/c12-11-3-1-2-9(7-11)6-10-4-5-13-8-10/h1-3,7,10,13H,4-6,8H2/t10-/m0/s1. The summed E-state index contributed by atoms with van der Waals surface area (Å²) in [6, 6.07) is 8.18. The van der Waals surface area contributed by atoms with Crippen molar-refractivity contribution in [1.82, 2.24) is 5.32 Å². The Kier molecular flexibility index (Phi) is 2.87. The van der Waals surface area contributed by atoms with Crippen LogP contribution in [0.1, 0.15) is 12.0 Å². The fraction of sp³-hybridized carbons (Fsp3) is 0.455. The normalized spacial score (nSPS) is 22.1. The maximum absolute atomic E-state index is 5.91. The molecular formula is C11H14ClN. The van der Waals surface area contributed by atoms with Gasteiger partial charge in [0.15, 0.2) is 0 Å². The Morgan fingerprint density at radius 3 is 3.08 bits per heavy atom. The average Bonchev–Trinajstić information content (AvgIpc) is 2.57. The zero-order valence-corrected chi connectivity index (χ0v) is 8.35. The van der Waals surface area contributed by atoms with Crippen LogP contribution in [0.3, 0.4) is 0 Å². The summed E-state index contributed by atoms with van der Waals surface area (Å²) in [6.45, 7) is 2.33. The third kappa shape index (κ3) is 2.45. The highest BCUT2D eigenvalue weighted by molar-refractivity contribution is 6.30. The van der Waals surface area contributed by atoms with E-state index >= 15 is 0 Å². The Morgan fingerprint density at radius 1 is 1.46 bits per heavy atom. The third-order valence-electron chi connectivity index (χ3n) is 2.58. The van der Waals surface area contributed by atoms with Crippen LogP contribution < -0.4 is 5.32 Å². The molecule has 1 N–H and O–H groups in total. The molecule has 0 radical (unpaired) electrons. The first-order valence-corrected chi connectivity index (χ1v) is 5.17. The van der Waals surface area contributed by atoms with E-state index in [0.29, 0.717) is 0 Å². The van der Waals surface area contributed by atoms with Crippen molar-refractivity contribution in [2.45, 2.75) is 12.8 Å². The van der Waals surface area contributed by atoms with E-state index in [0.717, 1.165) is 23.9 Å². The zero-order chi connectivity index (χ0) is 9.10. The minimum atomic E-state index is 0.804. The average molecular weight is 196 g/mol. The van der Waals surface area contributed by atoms with Gasteiger partial charge in [0.2, 0.25) is 0 Å². The van der Waals surface area contributed by atoms with Gasteiger partial charge in [-0.25, -0.2) is 0 Å². The van der Waals surface area contributed by atoms with Gasteiger partial charge in [-0.15, -0.1) is 0 Å². The maximum Gasteiger partial charge on any atom is 0.0408 e. The van der Waals surface area contributed by atoms with Gasteiger partial charge in [0.05, 0.1) is 0 Å². The third-order valence-corrected chi connectivity index (χ3v) is 2.81. The van der Waals surface area contributed by atoms with Gasteiger partial charge in [0, 0.05) is 5.02 Å². The summed E-state index contributed by atoms with van der Waals surface area (Å²) in [6.07, 6.45) is 2.46. The van der Waals surface area contributed by atoms with Crippen molar-refractivity contribution >= 4 is 11.6 Å². The molecule has 1 atom stereocenters. The van der Waals surface area contributed by atoms with E-state index < -0.39 is 0 Å². The number of halogens is 1. The first kappa shape index (κ1) is 9.04. The Balaban J connectivity index is 2.00. The maximum atomic E-state index is 5.91. The number of hydrogen-bond donors (Lipinski definition) is 1. The van der Waals surface area contributed by atoms with Crippen LogP contribution in [0.5, 0.6) is 0 Å². The number of nitrogens with one attached hydrogen (secondary N) is 1. The second kappa shape index (κ2) is 4.12. The summed E-state index contributed by atoms with van der Waals surface area (Å²) in [7, 11) is 0. The molecule has 1 aromatic carbocycles. The van der Waals surface area contributed by atoms with Crippen molar-refractivity contribution in [2.24, 2.45) is 5.92 Å². The summed E-state index contributed by atoms with van der Waals surface area (Å²) in [5.41, 5.74) is 1.36. The van der Waals surface area contributed by atoms with Crippen molar-refractivity contribution in [3.05, 3.63) is 34.9 Å². The topological polar surface area (TPSA) is 12.0 Å². The lowest BCUT2D eigenvalue weighted by Gasteiger charge is -2.07. The van der Waals surface area contributed by atoms with Crippen LogP contribution in [-0.4, -0.2) is 13.1 Å². The summed E-state index contributed by atoms with van der Waals surface area (Å²) in [5.74, 6) is 0.804. The van der Waals surface area contributed by atoms with Crippen LogP contribution in [0.25, 0.3) is 0 Å². The number of benzene rings is 1. The minimum Gasteiger partial charge on any atom is -0.316 e. The van der Waals surface area contributed by atoms with E-state index in [-0.39, 0.29) is 0 Å². The summed E-state index contributed by atoms with van der Waals surface area (Å²) < 4.78 is 0. The van der Waals surface area contributed by atoms with Crippen molar-refractivity contribution in [2.75, 3.05) is 13.1 Å². The van der Waals surface area contributed by atoms with Gasteiger partial charge < -0.3 is 5.32 Å². The minimum absolute atomic E-state index is 0.804. The molecule has 0 spiro atoms. The summed E-state index contributed by atoms with van der Waals surface area (Å²) in [4.78, 5) is 0. The molecule has 1 nitrogen and oxygen atoms in total. The predicted octanol–water partition coefficient (Wildman–Crippen LogP) is 2.49. The molecule has 13 heavy (non-hydrogen) atoms. The molecule has 0 unspecified atom stereocenters. The lowest BCUT2D eigenvalue weighted by molar-refractivity contribution is 0.580. The highest BCUT2D eigenvalue weighted by Gasteiger charge is 2.14. The first-order valence-electron chi connectivity index (χ1n) is 4.80. The molecule has 2 rings (SSSR count). The lowest BCUT2D eigenvalue weighted by atomic mass is 9.99. The van der Waals surface area contributed by atoms with Gasteiger partial charge in [-0.2, -0.15) is 0 Å². The molecule has 2 heteroatoms. The summed E-state index contributed by atoms with van der Waals surface area (Å²) >= 11 is 5.91. The predicted molar refractivity (Wildman–Crippen MR) is 56.1 cm³/mol. The van der Waals surface area contributed by atoms with Crippen molar-refractivity contribution in [3.8, 4) is 0 Å². The van der Waals surface area contributed by atoms with Crippen LogP contribution in [0.2, 0.25) is 5.02 Å². The fourth-order valence-electron chi connectivity index (χ4n) is 1.89. The van der Waals surface area contributed by atoms with Gasteiger partial charge in [0.1, 0.15) is 0 Å². The largest absolute Gasteiger partial charge is 0.316 e. The molecule has 70 valence electrons. The van der Waals surface area contributed by atoms with Crippen LogP contribution >= 0.6 is 11.6 Å². The van der Waals surface area contributed by atoms with Gasteiger partial charge >= 0.3 is 0 Å². The molecule has 0 aliphatic carbocycles. The lowest BCUT2D eigenvalue weighted by Crippen LogP contribution is -2.10. The SMILES string of the molecule is Clc1cccc(C[C@@H]2CCNC2)c1. The van der Waals surface area contributed by atoms with E-state index in [1.165, 1.54) is 18.5 Å². The van der Waals surface area contributed by atoms with Crippen LogP contribution in [0, 0.1) is 5.92 Å². The van der Waals surface area contributed by atoms with Crippen molar-refractivity contribution in [3.63, 3.8) is 0 Å². The summed E-state index contributed by atoms with van der Waals surface area (Å²) in [5, 5.41) is 4.22. The van der Waals surface area contributed by atoms with Crippen LogP contribution in [0.4, 0.5) is 0 Å². The molecule has 0 saturated carbocycles. The van der Waals surface area contributed by atoms with Crippen LogP contribution in [-0.2, 0) is 6.42 Å². The van der Waals surface area contributed by atoms with E-state index in [9.17, 15) is 0 Å². The van der Waals surface area contributed by atoms with Crippen molar-refractivity contribution in [1.29, 1.82) is 0 Å². The van der Waals surface area contributed by atoms with Gasteiger partial charge in [-0.05, 0) is 49.5 Å². The number of hydrogen-bond acceptors (Lipinski definition) is 1. The smallest absolute Gasteiger partial charge is 0.0408 e. The first-order chi connectivity index (χ1) is 6.34. The Hall–Kier alpha value is -0.530. The van der Waals surface area contributed by atoms with E-state index in [4.69, 9.17) is 11.6 Å². The Morgan fingerprint density at radius 2 is 2.38 bits per heavy atom. The molecule has 1 heterocycles. The molecule has 1 fully saturated rings. The highest BCUT2D eigenvalue weighted by atomic mass is 35.5. The molecule has 1 saturated heterocycles. The Bertz CT molecular complexity index is 279. The second-order valence-corrected chi connectivity index (χ2v) is 4.13.